The molecule has 1 N–H and O–H groups in total. The van der Waals surface area contributed by atoms with Crippen LogP contribution in [-0.4, -0.2) is 17.7 Å². The summed E-state index contributed by atoms with van der Waals surface area (Å²) < 4.78 is 0. The van der Waals surface area contributed by atoms with Gasteiger partial charge in [0.25, 0.3) is 0 Å². The van der Waals surface area contributed by atoms with E-state index < -0.39 is 0 Å². The molecule has 1 rings (SSSR count). The lowest BCUT2D eigenvalue weighted by Crippen LogP contribution is -2.45. The van der Waals surface area contributed by atoms with Crippen LogP contribution in [0.15, 0.2) is 0 Å². The average molecular weight is 211 g/mol. The first kappa shape index (κ1) is 12.2. The highest BCUT2D eigenvalue weighted by Gasteiger charge is 2.34. The van der Waals surface area contributed by atoms with E-state index >= 15 is 0 Å². The molecule has 1 amide bonds. The molecule has 0 aromatic heterocycles. The van der Waals surface area contributed by atoms with Crippen molar-refractivity contribution in [2.75, 3.05) is 0 Å². The van der Waals surface area contributed by atoms with Crippen LogP contribution >= 0.6 is 0 Å². The van der Waals surface area contributed by atoms with Crippen molar-refractivity contribution in [2.24, 2.45) is 11.3 Å². The normalized spacial score (nSPS) is 27.6. The summed E-state index contributed by atoms with van der Waals surface area (Å²) in [7, 11) is 0. The fourth-order valence-electron chi connectivity index (χ4n) is 2.15. The van der Waals surface area contributed by atoms with Gasteiger partial charge >= 0.3 is 0 Å². The number of carbonyl (C=O) groups excluding carboxylic acids is 2. The van der Waals surface area contributed by atoms with Crippen molar-refractivity contribution in [3.8, 4) is 0 Å². The molecule has 1 saturated carbocycles. The number of hydrogen-bond acceptors (Lipinski definition) is 2. The summed E-state index contributed by atoms with van der Waals surface area (Å²) in [5, 5.41) is 2.72. The highest BCUT2D eigenvalue weighted by atomic mass is 16.2. The van der Waals surface area contributed by atoms with Crippen LogP contribution in [0.2, 0.25) is 0 Å². The minimum atomic E-state index is -0.235. The Morgan fingerprint density at radius 2 is 1.93 bits per heavy atom. The lowest BCUT2D eigenvalue weighted by Gasteiger charge is -2.36. The Hall–Kier alpha value is -0.860. The second-order valence-corrected chi connectivity index (χ2v) is 5.56. The van der Waals surface area contributed by atoms with Gasteiger partial charge in [0.15, 0.2) is 5.78 Å². The molecule has 0 aromatic rings. The number of carbonyl (C=O) groups is 2. The third-order valence-electron chi connectivity index (χ3n) is 3.24. The molecule has 3 nitrogen and oxygen atoms in total. The fourth-order valence-corrected chi connectivity index (χ4v) is 2.15. The SMILES string of the molecule is CC(=O)N[C@H]1CC[C@H](C(C)(C)C)CC1=O. The highest BCUT2D eigenvalue weighted by molar-refractivity contribution is 5.89. The highest BCUT2D eigenvalue weighted by Crippen LogP contribution is 2.36. The van der Waals surface area contributed by atoms with Crippen LogP contribution in [0, 0.1) is 11.3 Å². The van der Waals surface area contributed by atoms with Gasteiger partial charge in [0.1, 0.15) is 0 Å². The smallest absolute Gasteiger partial charge is 0.217 e. The van der Waals surface area contributed by atoms with E-state index in [0.717, 1.165) is 12.8 Å². The standard InChI is InChI=1S/C12H21NO2/c1-8(14)13-10-6-5-9(7-11(10)15)12(2,3)4/h9-10H,5-7H2,1-4H3,(H,13,14)/t9-,10-/m0/s1. The Morgan fingerprint density at radius 3 is 2.33 bits per heavy atom. The van der Waals surface area contributed by atoms with Gasteiger partial charge in [0, 0.05) is 13.3 Å². The number of ketones is 1. The van der Waals surface area contributed by atoms with Gasteiger partial charge in [-0.2, -0.15) is 0 Å². The van der Waals surface area contributed by atoms with Crippen LogP contribution < -0.4 is 5.32 Å². The first-order valence-electron chi connectivity index (χ1n) is 5.60. The Morgan fingerprint density at radius 1 is 1.33 bits per heavy atom. The molecule has 15 heavy (non-hydrogen) atoms. The third-order valence-corrected chi connectivity index (χ3v) is 3.24. The largest absolute Gasteiger partial charge is 0.347 e. The first-order chi connectivity index (χ1) is 6.80. The van der Waals surface area contributed by atoms with E-state index in [1.165, 1.54) is 6.92 Å². The topological polar surface area (TPSA) is 46.2 Å². The lowest BCUT2D eigenvalue weighted by atomic mass is 9.71. The number of nitrogens with one attached hydrogen (secondary N) is 1. The number of hydrogen-bond donors (Lipinski definition) is 1. The summed E-state index contributed by atoms with van der Waals surface area (Å²) in [4.78, 5) is 22.6. The third kappa shape index (κ3) is 3.33. The zero-order chi connectivity index (χ0) is 11.6. The monoisotopic (exact) mass is 211 g/mol. The quantitative estimate of drug-likeness (QED) is 0.720. The number of Topliss-reactive ketones (excluding diaryl/α,β-unsaturated/α-hetero) is 1. The van der Waals surface area contributed by atoms with Gasteiger partial charge in [-0.1, -0.05) is 20.8 Å². The summed E-state index contributed by atoms with van der Waals surface area (Å²) >= 11 is 0. The van der Waals surface area contributed by atoms with E-state index in [0.29, 0.717) is 12.3 Å². The molecule has 0 unspecified atom stereocenters. The van der Waals surface area contributed by atoms with Crippen LogP contribution in [0.5, 0.6) is 0 Å². The molecular weight excluding hydrogens is 190 g/mol. The van der Waals surface area contributed by atoms with Crippen molar-refractivity contribution in [1.29, 1.82) is 0 Å². The van der Waals surface area contributed by atoms with Gasteiger partial charge in [0.05, 0.1) is 6.04 Å². The second-order valence-electron chi connectivity index (χ2n) is 5.56. The molecule has 1 fully saturated rings. The molecule has 0 aromatic carbocycles. The predicted molar refractivity (Wildman–Crippen MR) is 59.4 cm³/mol. The molecule has 0 radical (unpaired) electrons. The summed E-state index contributed by atoms with van der Waals surface area (Å²) in [5.74, 6) is 0.536. The fraction of sp³-hybridized carbons (Fsp3) is 0.833. The summed E-state index contributed by atoms with van der Waals surface area (Å²) in [5.41, 5.74) is 0.191. The van der Waals surface area contributed by atoms with Gasteiger partial charge < -0.3 is 5.32 Å². The van der Waals surface area contributed by atoms with Crippen molar-refractivity contribution in [2.45, 2.75) is 53.0 Å². The molecular formula is C12H21NO2. The van der Waals surface area contributed by atoms with Crippen molar-refractivity contribution in [3.63, 3.8) is 0 Å². The summed E-state index contributed by atoms with van der Waals surface area (Å²) in [6.07, 6.45) is 2.43. The van der Waals surface area contributed by atoms with Crippen LogP contribution in [0.1, 0.15) is 47.0 Å². The van der Waals surface area contributed by atoms with Crippen molar-refractivity contribution in [1.82, 2.24) is 5.32 Å². The summed E-state index contributed by atoms with van der Waals surface area (Å²) in [6.45, 7) is 7.97. The van der Waals surface area contributed by atoms with Gasteiger partial charge in [-0.3, -0.25) is 9.59 Å². The Labute approximate surface area is 91.6 Å². The van der Waals surface area contributed by atoms with Crippen LogP contribution in [0.4, 0.5) is 0 Å². The molecule has 86 valence electrons. The zero-order valence-corrected chi connectivity index (χ0v) is 10.1. The van der Waals surface area contributed by atoms with Crippen molar-refractivity contribution >= 4 is 11.7 Å². The molecule has 0 spiro atoms. The molecule has 2 atom stereocenters. The zero-order valence-electron chi connectivity index (χ0n) is 10.1. The predicted octanol–water partition coefficient (Wildman–Crippen LogP) is 1.91. The summed E-state index contributed by atoms with van der Waals surface area (Å²) in [6, 6.07) is -0.235. The van der Waals surface area contributed by atoms with E-state index in [9.17, 15) is 9.59 Å². The van der Waals surface area contributed by atoms with E-state index in [2.05, 4.69) is 26.1 Å². The van der Waals surface area contributed by atoms with E-state index in [1.54, 1.807) is 0 Å². The van der Waals surface area contributed by atoms with E-state index in [-0.39, 0.29) is 23.1 Å². The van der Waals surface area contributed by atoms with Crippen LogP contribution in [0.3, 0.4) is 0 Å². The molecule has 0 bridgehead atoms. The van der Waals surface area contributed by atoms with E-state index in [1.807, 2.05) is 0 Å². The number of rotatable bonds is 1. The minimum absolute atomic E-state index is 0.109. The van der Waals surface area contributed by atoms with Crippen LogP contribution in [-0.2, 0) is 9.59 Å². The Balaban J connectivity index is 2.55. The van der Waals surface area contributed by atoms with Crippen molar-refractivity contribution < 1.29 is 9.59 Å². The van der Waals surface area contributed by atoms with Crippen LogP contribution in [0.25, 0.3) is 0 Å². The van der Waals surface area contributed by atoms with Gasteiger partial charge in [-0.05, 0) is 24.2 Å². The maximum Gasteiger partial charge on any atom is 0.217 e. The molecule has 1 aliphatic carbocycles. The van der Waals surface area contributed by atoms with Crippen molar-refractivity contribution in [3.05, 3.63) is 0 Å². The molecule has 1 aliphatic rings. The maximum absolute atomic E-state index is 11.8. The number of amides is 1. The van der Waals surface area contributed by atoms with Gasteiger partial charge in [0.2, 0.25) is 5.91 Å². The van der Waals surface area contributed by atoms with E-state index in [4.69, 9.17) is 0 Å². The van der Waals surface area contributed by atoms with Gasteiger partial charge in [-0.25, -0.2) is 0 Å². The maximum atomic E-state index is 11.8. The molecule has 0 heterocycles. The first-order valence-corrected chi connectivity index (χ1v) is 5.60. The average Bonchev–Trinajstić information content (AvgIpc) is 2.05. The lowest BCUT2D eigenvalue weighted by molar-refractivity contribution is -0.129. The molecule has 0 saturated heterocycles. The minimum Gasteiger partial charge on any atom is -0.347 e. The molecule has 3 heteroatoms. The Bertz CT molecular complexity index is 265. The second kappa shape index (κ2) is 4.33. The van der Waals surface area contributed by atoms with Gasteiger partial charge in [-0.15, -0.1) is 0 Å². The molecule has 0 aliphatic heterocycles. The Kier molecular flexibility index (Phi) is 3.53.